The summed E-state index contributed by atoms with van der Waals surface area (Å²) in [6.45, 7) is 1.73. The number of carbonyl (C=O) groups is 3. The van der Waals surface area contributed by atoms with E-state index in [0.717, 1.165) is 5.56 Å². The fourth-order valence-corrected chi connectivity index (χ4v) is 4.13. The number of halogens is 1. The first-order chi connectivity index (χ1) is 16.3. The average Bonchev–Trinajstić information content (AvgIpc) is 3.18. The highest BCUT2D eigenvalue weighted by Gasteiger charge is 2.32. The first kappa shape index (κ1) is 23.2. The Labute approximate surface area is 199 Å². The van der Waals surface area contributed by atoms with Gasteiger partial charge in [0.1, 0.15) is 6.54 Å². The summed E-state index contributed by atoms with van der Waals surface area (Å²) in [5.41, 5.74) is 2.38. The minimum absolute atomic E-state index is 0.196. The quantitative estimate of drug-likeness (QED) is 0.580. The molecule has 34 heavy (non-hydrogen) atoms. The Bertz CT molecular complexity index is 1260. The second kappa shape index (κ2) is 9.48. The van der Waals surface area contributed by atoms with Crippen LogP contribution in [0, 0.1) is 0 Å². The Hall–Kier alpha value is -3.99. The maximum absolute atomic E-state index is 13.6. The number of rotatable bonds is 4. The molecule has 4 rings (SSSR count). The lowest BCUT2D eigenvalue weighted by molar-refractivity contribution is -0.135. The number of benzene rings is 2. The van der Waals surface area contributed by atoms with E-state index in [0.29, 0.717) is 22.6 Å². The summed E-state index contributed by atoms with van der Waals surface area (Å²) in [5.74, 6) is -0.944. The zero-order valence-electron chi connectivity index (χ0n) is 18.5. The van der Waals surface area contributed by atoms with Crippen molar-refractivity contribution in [2.45, 2.75) is 19.5 Å². The normalized spacial score (nSPS) is 15.4. The van der Waals surface area contributed by atoms with Crippen molar-refractivity contribution in [3.8, 4) is 11.4 Å². The molecule has 0 radical (unpaired) electrons. The molecule has 3 aromatic rings. The molecule has 0 unspecified atom stereocenters. The Balaban J connectivity index is 1.65. The number of carboxylic acids is 1. The molecule has 1 atom stereocenters. The zero-order chi connectivity index (χ0) is 24.4. The number of nitrogens with one attached hydrogen (secondary N) is 1. The van der Waals surface area contributed by atoms with Crippen molar-refractivity contribution in [3.05, 3.63) is 58.6 Å². The Morgan fingerprint density at radius 3 is 2.65 bits per heavy atom. The summed E-state index contributed by atoms with van der Waals surface area (Å²) >= 11 is 6.51. The third kappa shape index (κ3) is 4.55. The van der Waals surface area contributed by atoms with Crippen molar-refractivity contribution >= 4 is 35.2 Å². The SMILES string of the molecule is C[C@@H]1CN(C(=O)c2ccc(-c3nnnn3C)cc2Cl)c2ccccc2CN1C(=O)NCC(=O)O. The number of carbonyl (C=O) groups excluding carboxylic acids is 2. The molecule has 1 aliphatic rings. The third-order valence-corrected chi connectivity index (χ3v) is 5.89. The standard InChI is InChI=1S/C22H22ClN7O4/c1-13-11-30(18-6-4-3-5-15(18)12-29(13)22(34)24-10-19(31)32)21(33)16-8-7-14(9-17(16)23)20-25-26-27-28(20)2/h3-9,13H,10-12H2,1-2H3,(H,24,34)(H,31,32)/t13-/m1/s1. The smallest absolute Gasteiger partial charge is 0.323 e. The van der Waals surface area contributed by atoms with Gasteiger partial charge in [0.05, 0.1) is 10.6 Å². The van der Waals surface area contributed by atoms with Gasteiger partial charge in [0.25, 0.3) is 5.91 Å². The summed E-state index contributed by atoms with van der Waals surface area (Å²) < 4.78 is 1.50. The molecule has 0 saturated heterocycles. The van der Waals surface area contributed by atoms with Gasteiger partial charge in [-0.3, -0.25) is 9.59 Å². The number of hydrogen-bond acceptors (Lipinski definition) is 6. The van der Waals surface area contributed by atoms with Crippen LogP contribution >= 0.6 is 11.6 Å². The van der Waals surface area contributed by atoms with Gasteiger partial charge in [0.2, 0.25) is 0 Å². The molecule has 0 aliphatic carbocycles. The average molecular weight is 484 g/mol. The lowest BCUT2D eigenvalue weighted by atomic mass is 10.1. The number of aryl methyl sites for hydroxylation is 1. The summed E-state index contributed by atoms with van der Waals surface area (Å²) in [6, 6.07) is 11.4. The predicted octanol–water partition coefficient (Wildman–Crippen LogP) is 2.18. The number of hydrogen-bond donors (Lipinski definition) is 2. The molecule has 0 spiro atoms. The van der Waals surface area contributed by atoms with Gasteiger partial charge in [-0.1, -0.05) is 35.9 Å². The van der Waals surface area contributed by atoms with Crippen LogP contribution < -0.4 is 10.2 Å². The van der Waals surface area contributed by atoms with Crippen LogP contribution in [0.15, 0.2) is 42.5 Å². The molecule has 2 N–H and O–H groups in total. The Morgan fingerprint density at radius 2 is 1.97 bits per heavy atom. The van der Waals surface area contributed by atoms with Crippen LogP contribution in [0.5, 0.6) is 0 Å². The molecule has 2 heterocycles. The number of amides is 3. The Morgan fingerprint density at radius 1 is 1.21 bits per heavy atom. The van der Waals surface area contributed by atoms with E-state index in [1.54, 1.807) is 37.1 Å². The van der Waals surface area contributed by atoms with Gasteiger partial charge >= 0.3 is 12.0 Å². The van der Waals surface area contributed by atoms with Crippen molar-refractivity contribution in [2.24, 2.45) is 7.05 Å². The van der Waals surface area contributed by atoms with Crippen molar-refractivity contribution in [3.63, 3.8) is 0 Å². The van der Waals surface area contributed by atoms with Gasteiger partial charge in [-0.05, 0) is 41.1 Å². The van der Waals surface area contributed by atoms with Crippen LogP contribution in [0.3, 0.4) is 0 Å². The van der Waals surface area contributed by atoms with E-state index >= 15 is 0 Å². The number of carboxylic acid groups (broad SMARTS) is 1. The highest BCUT2D eigenvalue weighted by molar-refractivity contribution is 6.34. The van der Waals surface area contributed by atoms with E-state index in [2.05, 4.69) is 20.8 Å². The number of urea groups is 1. The van der Waals surface area contributed by atoms with Crippen molar-refractivity contribution in [1.82, 2.24) is 30.4 Å². The second-order valence-corrected chi connectivity index (χ2v) is 8.30. The van der Waals surface area contributed by atoms with Gasteiger partial charge in [-0.25, -0.2) is 9.48 Å². The number of anilines is 1. The number of para-hydroxylation sites is 1. The van der Waals surface area contributed by atoms with Crippen LogP contribution in [0.1, 0.15) is 22.8 Å². The van der Waals surface area contributed by atoms with E-state index in [1.165, 1.54) is 9.58 Å². The van der Waals surface area contributed by atoms with Gasteiger partial charge in [0.15, 0.2) is 5.82 Å². The summed E-state index contributed by atoms with van der Waals surface area (Å²) in [4.78, 5) is 40.3. The fraction of sp³-hybridized carbons (Fsp3) is 0.273. The molecular formula is C22H22ClN7O4. The lowest BCUT2D eigenvalue weighted by Crippen LogP contribution is -2.49. The summed E-state index contributed by atoms with van der Waals surface area (Å²) in [7, 11) is 1.70. The molecule has 0 saturated carbocycles. The first-order valence-corrected chi connectivity index (χ1v) is 10.8. The molecule has 0 bridgehead atoms. The highest BCUT2D eigenvalue weighted by Crippen LogP contribution is 2.31. The summed E-state index contributed by atoms with van der Waals surface area (Å²) in [5, 5.41) is 22.9. The van der Waals surface area contributed by atoms with E-state index in [9.17, 15) is 14.4 Å². The molecule has 2 aromatic carbocycles. The van der Waals surface area contributed by atoms with Crippen LogP contribution in [-0.2, 0) is 18.4 Å². The van der Waals surface area contributed by atoms with E-state index in [1.807, 2.05) is 24.3 Å². The van der Waals surface area contributed by atoms with Gasteiger partial charge in [0, 0.05) is 37.4 Å². The molecule has 3 amide bonds. The van der Waals surface area contributed by atoms with Crippen molar-refractivity contribution in [1.29, 1.82) is 0 Å². The first-order valence-electron chi connectivity index (χ1n) is 10.4. The minimum atomic E-state index is -1.14. The lowest BCUT2D eigenvalue weighted by Gasteiger charge is -2.29. The zero-order valence-corrected chi connectivity index (χ0v) is 19.2. The fourth-order valence-electron chi connectivity index (χ4n) is 3.87. The molecule has 1 aliphatic heterocycles. The number of aliphatic carboxylic acids is 1. The molecule has 0 fully saturated rings. The van der Waals surface area contributed by atoms with Crippen molar-refractivity contribution in [2.75, 3.05) is 18.0 Å². The largest absolute Gasteiger partial charge is 0.480 e. The molecule has 11 nitrogen and oxygen atoms in total. The van der Waals surface area contributed by atoms with Crippen LogP contribution in [0.2, 0.25) is 5.02 Å². The van der Waals surface area contributed by atoms with Crippen LogP contribution in [0.4, 0.5) is 10.5 Å². The Kier molecular flexibility index (Phi) is 6.46. The topological polar surface area (TPSA) is 134 Å². The molecular weight excluding hydrogens is 462 g/mol. The highest BCUT2D eigenvalue weighted by atomic mass is 35.5. The molecule has 1 aromatic heterocycles. The minimum Gasteiger partial charge on any atom is -0.480 e. The molecule has 12 heteroatoms. The monoisotopic (exact) mass is 483 g/mol. The number of tetrazole rings is 1. The van der Waals surface area contributed by atoms with Gasteiger partial charge < -0.3 is 20.2 Å². The van der Waals surface area contributed by atoms with Gasteiger partial charge in [-0.2, -0.15) is 0 Å². The summed E-state index contributed by atoms with van der Waals surface area (Å²) in [6.07, 6.45) is 0. The number of aromatic nitrogens is 4. The maximum atomic E-state index is 13.6. The predicted molar refractivity (Wildman–Crippen MR) is 123 cm³/mol. The van der Waals surface area contributed by atoms with Crippen LogP contribution in [0.25, 0.3) is 11.4 Å². The number of nitrogens with zero attached hydrogens (tertiary/aromatic N) is 6. The molecule has 176 valence electrons. The maximum Gasteiger partial charge on any atom is 0.323 e. The van der Waals surface area contributed by atoms with E-state index < -0.39 is 24.6 Å². The second-order valence-electron chi connectivity index (χ2n) is 7.89. The van der Waals surface area contributed by atoms with E-state index in [4.69, 9.17) is 16.7 Å². The van der Waals surface area contributed by atoms with Crippen molar-refractivity contribution < 1.29 is 19.5 Å². The van der Waals surface area contributed by atoms with E-state index in [-0.39, 0.29) is 24.0 Å². The third-order valence-electron chi connectivity index (χ3n) is 5.58. The van der Waals surface area contributed by atoms with Crippen LogP contribution in [-0.4, -0.2) is 67.3 Å². The number of fused-ring (bicyclic) bond motifs is 1. The van der Waals surface area contributed by atoms with Gasteiger partial charge in [-0.15, -0.1) is 5.10 Å².